The number of nitrogens with one attached hydrogen (secondary N) is 1. The van der Waals surface area contributed by atoms with Crippen LogP contribution in [0.4, 0.5) is 0 Å². The molecule has 0 aliphatic heterocycles. The van der Waals surface area contributed by atoms with Gasteiger partial charge in [0, 0.05) is 23.8 Å². The molecule has 1 aromatic heterocycles. The number of carbonyl (C=O) groups is 1. The normalized spacial score (nSPS) is 17.8. The van der Waals surface area contributed by atoms with Crippen LogP contribution in [-0.4, -0.2) is 28.3 Å². The van der Waals surface area contributed by atoms with Crippen LogP contribution in [0.1, 0.15) is 41.0 Å². The minimum atomic E-state index is -0.0890. The number of hydrogen-bond donors (Lipinski definition) is 2. The van der Waals surface area contributed by atoms with E-state index in [4.69, 9.17) is 5.73 Å². The van der Waals surface area contributed by atoms with Crippen molar-refractivity contribution >= 4 is 5.91 Å². The van der Waals surface area contributed by atoms with Crippen molar-refractivity contribution < 1.29 is 4.79 Å². The maximum atomic E-state index is 12.6. The summed E-state index contributed by atoms with van der Waals surface area (Å²) in [7, 11) is 0. The second-order valence-electron chi connectivity index (χ2n) is 6.59. The Morgan fingerprint density at radius 2 is 2.09 bits per heavy atom. The Labute approximate surface area is 135 Å². The Morgan fingerprint density at radius 3 is 2.83 bits per heavy atom. The third-order valence-corrected chi connectivity index (χ3v) is 4.87. The van der Waals surface area contributed by atoms with Gasteiger partial charge in [-0.1, -0.05) is 18.2 Å². The fourth-order valence-electron chi connectivity index (χ4n) is 3.39. The van der Waals surface area contributed by atoms with E-state index >= 15 is 0 Å². The second-order valence-corrected chi connectivity index (χ2v) is 6.59. The molecule has 0 saturated heterocycles. The van der Waals surface area contributed by atoms with Crippen LogP contribution in [0.5, 0.6) is 0 Å². The molecule has 1 aromatic carbocycles. The minimum Gasteiger partial charge on any atom is -0.349 e. The summed E-state index contributed by atoms with van der Waals surface area (Å²) in [4.78, 5) is 12.6. The van der Waals surface area contributed by atoms with Crippen molar-refractivity contribution in [2.75, 3.05) is 6.54 Å². The summed E-state index contributed by atoms with van der Waals surface area (Å²) in [6, 6.07) is 10.1. The number of benzene rings is 1. The lowest BCUT2D eigenvalue weighted by molar-refractivity contribution is 0.0944. The maximum absolute atomic E-state index is 12.6. The standard InChI is InChI=1S/C18H22N4O/c19-15(12-9-10-12)11-20-18(23)17-14-7-4-8-16(14)22(21-17)13-5-2-1-3-6-13/h1-3,5-6,12,15H,4,7-11,19H2,(H,20,23). The fraction of sp³-hybridized carbons (Fsp3) is 0.444. The number of nitrogens with two attached hydrogens (primary N) is 1. The van der Waals surface area contributed by atoms with Crippen LogP contribution in [0.2, 0.25) is 0 Å². The summed E-state index contributed by atoms with van der Waals surface area (Å²) in [5.74, 6) is 0.497. The first kappa shape index (κ1) is 14.5. The van der Waals surface area contributed by atoms with Gasteiger partial charge in [0.05, 0.1) is 5.69 Å². The number of nitrogens with zero attached hydrogens (tertiary/aromatic N) is 2. The molecular weight excluding hydrogens is 288 g/mol. The quantitative estimate of drug-likeness (QED) is 0.885. The molecule has 3 N–H and O–H groups in total. The molecule has 5 heteroatoms. The molecule has 5 nitrogen and oxygen atoms in total. The lowest BCUT2D eigenvalue weighted by Gasteiger charge is -2.11. The SMILES string of the molecule is NC(CNC(=O)c1nn(-c2ccccc2)c2c1CCC2)C1CC1. The summed E-state index contributed by atoms with van der Waals surface area (Å²) in [6.07, 6.45) is 5.37. The third-order valence-electron chi connectivity index (χ3n) is 4.87. The first-order chi connectivity index (χ1) is 11.2. The lowest BCUT2D eigenvalue weighted by Crippen LogP contribution is -2.39. The molecule has 0 spiro atoms. The Balaban J connectivity index is 1.58. The van der Waals surface area contributed by atoms with E-state index in [1.807, 2.05) is 35.0 Å². The van der Waals surface area contributed by atoms with Crippen LogP contribution in [-0.2, 0) is 12.8 Å². The van der Waals surface area contributed by atoms with E-state index in [1.165, 1.54) is 18.5 Å². The number of para-hydroxylation sites is 1. The van der Waals surface area contributed by atoms with Gasteiger partial charge in [-0.2, -0.15) is 5.10 Å². The smallest absolute Gasteiger partial charge is 0.272 e. The highest BCUT2D eigenvalue weighted by atomic mass is 16.2. The van der Waals surface area contributed by atoms with Gasteiger partial charge in [0.1, 0.15) is 0 Å². The van der Waals surface area contributed by atoms with Crippen LogP contribution in [0, 0.1) is 5.92 Å². The zero-order valence-corrected chi connectivity index (χ0v) is 13.2. The summed E-state index contributed by atoms with van der Waals surface area (Å²) < 4.78 is 1.93. The van der Waals surface area contributed by atoms with Crippen molar-refractivity contribution in [3.63, 3.8) is 0 Å². The molecule has 0 bridgehead atoms. The van der Waals surface area contributed by atoms with Crippen LogP contribution >= 0.6 is 0 Å². The first-order valence-electron chi connectivity index (χ1n) is 8.44. The highest BCUT2D eigenvalue weighted by Gasteiger charge is 2.30. The molecule has 0 radical (unpaired) electrons. The number of aromatic nitrogens is 2. The predicted molar refractivity (Wildman–Crippen MR) is 88.6 cm³/mol. The molecule has 2 aliphatic rings. The summed E-state index contributed by atoms with van der Waals surface area (Å²) in [6.45, 7) is 0.538. The van der Waals surface area contributed by atoms with Gasteiger partial charge in [-0.15, -0.1) is 0 Å². The monoisotopic (exact) mass is 310 g/mol. The van der Waals surface area contributed by atoms with E-state index in [-0.39, 0.29) is 11.9 Å². The van der Waals surface area contributed by atoms with Crippen LogP contribution in [0.25, 0.3) is 5.69 Å². The van der Waals surface area contributed by atoms with E-state index in [2.05, 4.69) is 10.4 Å². The molecule has 2 aliphatic carbocycles. The van der Waals surface area contributed by atoms with Gasteiger partial charge < -0.3 is 11.1 Å². The number of fused-ring (bicyclic) bond motifs is 1. The Hall–Kier alpha value is -2.14. The summed E-state index contributed by atoms with van der Waals surface area (Å²) in [5.41, 5.74) is 9.94. The molecule has 4 rings (SSSR count). The van der Waals surface area contributed by atoms with Gasteiger partial charge in [0.15, 0.2) is 5.69 Å². The average molecular weight is 310 g/mol. The fourth-order valence-corrected chi connectivity index (χ4v) is 3.39. The van der Waals surface area contributed by atoms with Crippen LogP contribution < -0.4 is 11.1 Å². The molecule has 2 aromatic rings. The number of rotatable bonds is 5. The van der Waals surface area contributed by atoms with Crippen molar-refractivity contribution in [2.24, 2.45) is 11.7 Å². The molecular formula is C18H22N4O. The maximum Gasteiger partial charge on any atom is 0.272 e. The summed E-state index contributed by atoms with van der Waals surface area (Å²) >= 11 is 0. The van der Waals surface area contributed by atoms with E-state index in [0.29, 0.717) is 18.2 Å². The van der Waals surface area contributed by atoms with Gasteiger partial charge in [-0.05, 0) is 50.2 Å². The number of hydrogen-bond acceptors (Lipinski definition) is 3. The highest BCUT2D eigenvalue weighted by Crippen LogP contribution is 2.31. The van der Waals surface area contributed by atoms with Crippen LogP contribution in [0.3, 0.4) is 0 Å². The van der Waals surface area contributed by atoms with Crippen molar-refractivity contribution in [1.82, 2.24) is 15.1 Å². The highest BCUT2D eigenvalue weighted by molar-refractivity contribution is 5.94. The molecule has 1 saturated carbocycles. The molecule has 120 valence electrons. The number of carbonyl (C=O) groups excluding carboxylic acids is 1. The second kappa shape index (κ2) is 5.81. The topological polar surface area (TPSA) is 72.9 Å². The molecule has 1 fully saturated rings. The minimum absolute atomic E-state index is 0.0724. The van der Waals surface area contributed by atoms with Gasteiger partial charge in [0.25, 0.3) is 5.91 Å². The van der Waals surface area contributed by atoms with Gasteiger partial charge >= 0.3 is 0 Å². The van der Waals surface area contributed by atoms with Crippen molar-refractivity contribution in [1.29, 1.82) is 0 Å². The Bertz CT molecular complexity index is 718. The van der Waals surface area contributed by atoms with Gasteiger partial charge in [-0.25, -0.2) is 4.68 Å². The Morgan fingerprint density at radius 1 is 1.30 bits per heavy atom. The molecule has 1 atom stereocenters. The zero-order chi connectivity index (χ0) is 15.8. The van der Waals surface area contributed by atoms with E-state index in [1.54, 1.807) is 0 Å². The van der Waals surface area contributed by atoms with E-state index in [9.17, 15) is 4.79 Å². The van der Waals surface area contributed by atoms with Gasteiger partial charge in [0.2, 0.25) is 0 Å². The molecule has 1 unspecified atom stereocenters. The van der Waals surface area contributed by atoms with Gasteiger partial charge in [-0.3, -0.25) is 4.79 Å². The predicted octanol–water partition coefficient (Wildman–Crippen LogP) is 1.83. The molecule has 1 amide bonds. The molecule has 23 heavy (non-hydrogen) atoms. The third kappa shape index (κ3) is 2.77. The average Bonchev–Trinajstić information content (AvgIpc) is 3.21. The van der Waals surface area contributed by atoms with Crippen LogP contribution in [0.15, 0.2) is 30.3 Å². The Kier molecular flexibility index (Phi) is 3.65. The number of amides is 1. The molecule has 1 heterocycles. The first-order valence-corrected chi connectivity index (χ1v) is 8.44. The zero-order valence-electron chi connectivity index (χ0n) is 13.2. The van der Waals surface area contributed by atoms with Crippen molar-refractivity contribution in [2.45, 2.75) is 38.1 Å². The van der Waals surface area contributed by atoms with Crippen molar-refractivity contribution in [3.8, 4) is 5.69 Å². The van der Waals surface area contributed by atoms with E-state index < -0.39 is 0 Å². The van der Waals surface area contributed by atoms with Crippen molar-refractivity contribution in [3.05, 3.63) is 47.3 Å². The lowest BCUT2D eigenvalue weighted by atomic mass is 10.1. The van der Waals surface area contributed by atoms with E-state index in [0.717, 1.165) is 30.5 Å². The summed E-state index contributed by atoms with van der Waals surface area (Å²) in [5, 5.41) is 7.58. The largest absolute Gasteiger partial charge is 0.349 e.